The van der Waals surface area contributed by atoms with E-state index in [0.717, 1.165) is 22.9 Å². The second kappa shape index (κ2) is 5.61. The van der Waals surface area contributed by atoms with Crippen LogP contribution in [0.3, 0.4) is 0 Å². The van der Waals surface area contributed by atoms with E-state index in [-0.39, 0.29) is 0 Å². The summed E-state index contributed by atoms with van der Waals surface area (Å²) in [6, 6.07) is 6.54. The van der Waals surface area contributed by atoms with Crippen molar-refractivity contribution in [2.24, 2.45) is 0 Å². The molecule has 2 rings (SSSR count). The van der Waals surface area contributed by atoms with Crippen molar-refractivity contribution in [2.45, 2.75) is 26.7 Å². The van der Waals surface area contributed by atoms with E-state index in [1.165, 1.54) is 16.7 Å². The Morgan fingerprint density at radius 2 is 1.88 bits per heavy atom. The third-order valence-electron chi connectivity index (χ3n) is 2.74. The van der Waals surface area contributed by atoms with Gasteiger partial charge in [-0.2, -0.15) is 0 Å². The Morgan fingerprint density at radius 3 is 2.59 bits per heavy atom. The third kappa shape index (κ3) is 3.27. The van der Waals surface area contributed by atoms with Crippen LogP contribution in [0.25, 0.3) is 0 Å². The van der Waals surface area contributed by atoms with Crippen LogP contribution < -0.4 is 0 Å². The number of alkyl halides is 1. The van der Waals surface area contributed by atoms with Crippen LogP contribution in [0.1, 0.15) is 26.7 Å². The molecule has 0 N–H and O–H groups in total. The van der Waals surface area contributed by atoms with Gasteiger partial charge in [0.2, 0.25) is 0 Å². The number of benzene rings is 1. The zero-order valence-electron chi connectivity index (χ0n) is 10.0. The van der Waals surface area contributed by atoms with Gasteiger partial charge in [-0.15, -0.1) is 33.1 Å². The second-order valence-electron chi connectivity index (χ2n) is 4.12. The monoisotopic (exact) mass is 266 g/mol. The Balaban J connectivity index is 2.11. The smallest absolute Gasteiger partial charge is 0.121 e. The molecule has 0 aliphatic carbocycles. The molecule has 0 atom stereocenters. The molecule has 90 valence electrons. The molecule has 1 aromatic carbocycles. The van der Waals surface area contributed by atoms with Gasteiger partial charge in [-0.3, -0.25) is 0 Å². The molecule has 0 unspecified atom stereocenters. The molecule has 0 saturated carbocycles. The maximum Gasteiger partial charge on any atom is 0.121 e. The Bertz CT molecular complexity index is 508. The Kier molecular flexibility index (Phi) is 4.13. The quantitative estimate of drug-likeness (QED) is 0.792. The number of aromatic nitrogens is 2. The number of hydrogen-bond donors (Lipinski definition) is 0. The summed E-state index contributed by atoms with van der Waals surface area (Å²) in [6.07, 6.45) is 1.67. The Hall–Kier alpha value is -0.930. The Morgan fingerprint density at radius 1 is 1.12 bits per heavy atom. The fourth-order valence-corrected chi connectivity index (χ4v) is 2.80. The molecule has 0 amide bonds. The number of rotatable bonds is 4. The van der Waals surface area contributed by atoms with Crippen molar-refractivity contribution in [3.63, 3.8) is 0 Å². The van der Waals surface area contributed by atoms with Gasteiger partial charge in [0.1, 0.15) is 10.0 Å². The molecule has 2 aromatic rings. The number of hydrogen-bond acceptors (Lipinski definition) is 3. The van der Waals surface area contributed by atoms with E-state index in [9.17, 15) is 0 Å². The lowest BCUT2D eigenvalue weighted by Gasteiger charge is -2.02. The van der Waals surface area contributed by atoms with Crippen LogP contribution in [0, 0.1) is 13.8 Å². The van der Waals surface area contributed by atoms with Crippen molar-refractivity contribution in [3.8, 4) is 0 Å². The van der Waals surface area contributed by atoms with Crippen molar-refractivity contribution in [2.75, 3.05) is 5.88 Å². The molecule has 1 heterocycles. The van der Waals surface area contributed by atoms with Gasteiger partial charge in [0, 0.05) is 18.7 Å². The highest BCUT2D eigenvalue weighted by molar-refractivity contribution is 7.11. The largest absolute Gasteiger partial charge is 0.144 e. The summed E-state index contributed by atoms with van der Waals surface area (Å²) >= 11 is 7.34. The lowest BCUT2D eigenvalue weighted by molar-refractivity contribution is 0.947. The first-order chi connectivity index (χ1) is 8.19. The van der Waals surface area contributed by atoms with Crippen LogP contribution in [0.15, 0.2) is 18.2 Å². The van der Waals surface area contributed by atoms with E-state index < -0.39 is 0 Å². The summed E-state index contributed by atoms with van der Waals surface area (Å²) in [5.41, 5.74) is 3.95. The molecule has 2 nitrogen and oxygen atoms in total. The molecule has 0 aliphatic heterocycles. The fraction of sp³-hybridized carbons (Fsp3) is 0.385. The average molecular weight is 267 g/mol. The van der Waals surface area contributed by atoms with Crippen molar-refractivity contribution >= 4 is 22.9 Å². The van der Waals surface area contributed by atoms with Crippen LogP contribution in [0.4, 0.5) is 0 Å². The molecule has 17 heavy (non-hydrogen) atoms. The molecule has 4 heteroatoms. The van der Waals surface area contributed by atoms with Crippen LogP contribution in [0.5, 0.6) is 0 Å². The van der Waals surface area contributed by atoms with Gasteiger partial charge in [-0.1, -0.05) is 18.2 Å². The number of halogens is 1. The predicted molar refractivity (Wildman–Crippen MR) is 73.1 cm³/mol. The summed E-state index contributed by atoms with van der Waals surface area (Å²) < 4.78 is 0. The molecule has 0 aliphatic rings. The molecular weight excluding hydrogens is 252 g/mol. The summed E-state index contributed by atoms with van der Waals surface area (Å²) in [5.74, 6) is 0.609. The van der Waals surface area contributed by atoms with Gasteiger partial charge in [0.25, 0.3) is 0 Å². The highest BCUT2D eigenvalue weighted by Crippen LogP contribution is 2.17. The standard InChI is InChI=1S/C13H15ClN2S/c1-9-3-4-11(7-10(9)2)8-13-16-15-12(17-13)5-6-14/h3-4,7H,5-6,8H2,1-2H3. The first-order valence-electron chi connectivity index (χ1n) is 5.62. The Labute approximate surface area is 111 Å². The molecule has 0 fully saturated rings. The maximum atomic E-state index is 5.68. The normalized spacial score (nSPS) is 10.8. The minimum Gasteiger partial charge on any atom is -0.144 e. The topological polar surface area (TPSA) is 25.8 Å². The van der Waals surface area contributed by atoms with Gasteiger partial charge < -0.3 is 0 Å². The van der Waals surface area contributed by atoms with E-state index in [0.29, 0.717) is 5.88 Å². The van der Waals surface area contributed by atoms with Gasteiger partial charge in [0.05, 0.1) is 0 Å². The van der Waals surface area contributed by atoms with Gasteiger partial charge in [-0.05, 0) is 30.5 Å². The predicted octanol–water partition coefficient (Wildman–Crippen LogP) is 3.53. The van der Waals surface area contributed by atoms with E-state index >= 15 is 0 Å². The molecular formula is C13H15ClN2S. The van der Waals surface area contributed by atoms with E-state index in [1.54, 1.807) is 11.3 Å². The minimum atomic E-state index is 0.609. The van der Waals surface area contributed by atoms with Crippen molar-refractivity contribution in [3.05, 3.63) is 44.9 Å². The first-order valence-corrected chi connectivity index (χ1v) is 6.97. The molecule has 0 spiro atoms. The molecule has 1 aromatic heterocycles. The highest BCUT2D eigenvalue weighted by Gasteiger charge is 2.05. The van der Waals surface area contributed by atoms with Gasteiger partial charge in [-0.25, -0.2) is 0 Å². The lowest BCUT2D eigenvalue weighted by atomic mass is 10.0. The van der Waals surface area contributed by atoms with E-state index in [1.807, 2.05) is 0 Å². The second-order valence-corrected chi connectivity index (χ2v) is 5.65. The summed E-state index contributed by atoms with van der Waals surface area (Å²) in [6.45, 7) is 4.26. The van der Waals surface area contributed by atoms with Crippen LogP contribution >= 0.6 is 22.9 Å². The summed E-state index contributed by atoms with van der Waals surface area (Å²) in [5, 5.41) is 10.4. The van der Waals surface area contributed by atoms with E-state index in [4.69, 9.17) is 11.6 Å². The van der Waals surface area contributed by atoms with Crippen LogP contribution in [-0.2, 0) is 12.8 Å². The highest BCUT2D eigenvalue weighted by atomic mass is 35.5. The fourth-order valence-electron chi connectivity index (χ4n) is 1.63. The zero-order chi connectivity index (χ0) is 12.3. The van der Waals surface area contributed by atoms with Gasteiger partial charge in [0.15, 0.2) is 0 Å². The number of aryl methyl sites for hydroxylation is 3. The summed E-state index contributed by atoms with van der Waals surface area (Å²) in [4.78, 5) is 0. The average Bonchev–Trinajstić information content (AvgIpc) is 2.72. The molecule has 0 saturated heterocycles. The first kappa shape index (κ1) is 12.5. The van der Waals surface area contributed by atoms with Gasteiger partial charge >= 0.3 is 0 Å². The van der Waals surface area contributed by atoms with Crippen LogP contribution in [0.2, 0.25) is 0 Å². The lowest BCUT2D eigenvalue weighted by Crippen LogP contribution is -1.90. The minimum absolute atomic E-state index is 0.609. The SMILES string of the molecule is Cc1ccc(Cc2nnc(CCCl)s2)cc1C. The number of nitrogens with zero attached hydrogens (tertiary/aromatic N) is 2. The van der Waals surface area contributed by atoms with Crippen LogP contribution in [-0.4, -0.2) is 16.1 Å². The van der Waals surface area contributed by atoms with Crippen molar-refractivity contribution < 1.29 is 0 Å². The third-order valence-corrected chi connectivity index (χ3v) is 3.92. The summed E-state index contributed by atoms with van der Waals surface area (Å²) in [7, 11) is 0. The molecule has 0 radical (unpaired) electrons. The zero-order valence-corrected chi connectivity index (χ0v) is 11.6. The van der Waals surface area contributed by atoms with E-state index in [2.05, 4.69) is 42.2 Å². The van der Waals surface area contributed by atoms with Crippen molar-refractivity contribution in [1.29, 1.82) is 0 Å². The van der Waals surface area contributed by atoms with Crippen molar-refractivity contribution in [1.82, 2.24) is 10.2 Å². The molecule has 0 bridgehead atoms. The maximum absolute atomic E-state index is 5.68.